The van der Waals surface area contributed by atoms with Crippen LogP contribution < -0.4 is 15.4 Å². The Bertz CT molecular complexity index is 392. The van der Waals surface area contributed by atoms with Crippen LogP contribution in [-0.2, 0) is 0 Å². The monoisotopic (exact) mass is 273 g/mol. The van der Waals surface area contributed by atoms with Crippen LogP contribution in [0.2, 0.25) is 0 Å². The number of thioether (sulfide) groups is 1. The van der Waals surface area contributed by atoms with Crippen molar-refractivity contribution in [2.75, 3.05) is 36.6 Å². The highest BCUT2D eigenvalue weighted by Crippen LogP contribution is 2.40. The second-order valence-corrected chi connectivity index (χ2v) is 7.31. The molecule has 6 heteroatoms. The van der Waals surface area contributed by atoms with E-state index in [1.807, 2.05) is 11.8 Å². The molecule has 17 heavy (non-hydrogen) atoms. The molecule has 96 valence electrons. The molecule has 1 saturated heterocycles. The lowest BCUT2D eigenvalue weighted by atomic mass is 10.1. The molecule has 2 heterocycles. The van der Waals surface area contributed by atoms with Gasteiger partial charge in [0, 0.05) is 23.6 Å². The fraction of sp³-hybridized carbons (Fsp3) is 0.727. The molecule has 0 aromatic carbocycles. The second-order valence-electron chi connectivity index (χ2n) is 4.75. The van der Waals surface area contributed by atoms with E-state index in [1.165, 1.54) is 18.0 Å². The zero-order valence-corrected chi connectivity index (χ0v) is 12.2. The summed E-state index contributed by atoms with van der Waals surface area (Å²) in [6.45, 7) is 6.68. The third kappa shape index (κ3) is 2.80. The van der Waals surface area contributed by atoms with Crippen molar-refractivity contribution >= 4 is 34.1 Å². The van der Waals surface area contributed by atoms with E-state index in [0.29, 0.717) is 10.6 Å². The van der Waals surface area contributed by atoms with Gasteiger partial charge in [-0.05, 0) is 18.0 Å². The van der Waals surface area contributed by atoms with Gasteiger partial charge in [-0.15, -0.1) is 0 Å². The minimum Gasteiger partial charge on any atom is -0.490 e. The van der Waals surface area contributed by atoms with Crippen LogP contribution in [0.15, 0.2) is 0 Å². The third-order valence-electron chi connectivity index (χ3n) is 2.99. The van der Waals surface area contributed by atoms with Crippen molar-refractivity contribution in [2.45, 2.75) is 25.0 Å². The first-order chi connectivity index (χ1) is 8.03. The maximum absolute atomic E-state index is 5.79. The Balaban J connectivity index is 2.17. The number of anilines is 2. The molecule has 0 aliphatic carbocycles. The standard InChI is InChI=1S/C11H19N3OS2/c1-11(2)4-5-14(6-7-16-11)10-8(15-3)9(12)13-17-10/h4-7H2,1-3H3,(H2,12,13). The van der Waals surface area contributed by atoms with E-state index in [4.69, 9.17) is 10.5 Å². The van der Waals surface area contributed by atoms with Gasteiger partial charge in [-0.2, -0.15) is 16.1 Å². The first-order valence-electron chi connectivity index (χ1n) is 5.71. The molecule has 0 saturated carbocycles. The largest absolute Gasteiger partial charge is 0.490 e. The molecule has 0 unspecified atom stereocenters. The van der Waals surface area contributed by atoms with E-state index < -0.39 is 0 Å². The Morgan fingerprint density at radius 3 is 2.88 bits per heavy atom. The van der Waals surface area contributed by atoms with E-state index in [-0.39, 0.29) is 0 Å². The highest BCUT2D eigenvalue weighted by molar-refractivity contribution is 8.00. The van der Waals surface area contributed by atoms with Gasteiger partial charge in [0.15, 0.2) is 16.6 Å². The quantitative estimate of drug-likeness (QED) is 0.897. The molecule has 0 atom stereocenters. The van der Waals surface area contributed by atoms with Gasteiger partial charge in [-0.25, -0.2) is 0 Å². The summed E-state index contributed by atoms with van der Waals surface area (Å²) in [4.78, 5) is 2.34. The van der Waals surface area contributed by atoms with Gasteiger partial charge in [0.05, 0.1) is 7.11 Å². The number of hydrogen-bond acceptors (Lipinski definition) is 6. The Morgan fingerprint density at radius 1 is 1.41 bits per heavy atom. The number of nitrogens with zero attached hydrogens (tertiary/aromatic N) is 2. The maximum Gasteiger partial charge on any atom is 0.197 e. The molecule has 0 bridgehead atoms. The van der Waals surface area contributed by atoms with E-state index in [0.717, 1.165) is 29.6 Å². The second kappa shape index (κ2) is 4.94. The van der Waals surface area contributed by atoms with Crippen LogP contribution in [0, 0.1) is 0 Å². The number of hydrogen-bond donors (Lipinski definition) is 1. The van der Waals surface area contributed by atoms with Crippen LogP contribution in [0.5, 0.6) is 5.75 Å². The summed E-state index contributed by atoms with van der Waals surface area (Å²) in [5.74, 6) is 2.37. The molecule has 2 N–H and O–H groups in total. The van der Waals surface area contributed by atoms with Crippen LogP contribution in [0.3, 0.4) is 0 Å². The summed E-state index contributed by atoms with van der Waals surface area (Å²) in [6, 6.07) is 0. The van der Waals surface area contributed by atoms with Crippen molar-refractivity contribution in [1.82, 2.24) is 4.37 Å². The van der Waals surface area contributed by atoms with Gasteiger partial charge >= 0.3 is 0 Å². The van der Waals surface area contributed by atoms with Crippen molar-refractivity contribution in [3.05, 3.63) is 0 Å². The minimum atomic E-state index is 0.359. The highest BCUT2D eigenvalue weighted by Gasteiger charge is 2.26. The Morgan fingerprint density at radius 2 is 2.18 bits per heavy atom. The lowest BCUT2D eigenvalue weighted by Gasteiger charge is -2.23. The molecule has 1 fully saturated rings. The first-order valence-corrected chi connectivity index (χ1v) is 7.47. The SMILES string of the molecule is COc1c(N)nsc1N1CCSC(C)(C)CC1. The van der Waals surface area contributed by atoms with Gasteiger partial charge in [-0.3, -0.25) is 0 Å². The van der Waals surface area contributed by atoms with Crippen molar-refractivity contribution in [2.24, 2.45) is 0 Å². The highest BCUT2D eigenvalue weighted by atomic mass is 32.2. The Kier molecular flexibility index (Phi) is 3.73. The molecular weight excluding hydrogens is 254 g/mol. The molecule has 1 aromatic heterocycles. The summed E-state index contributed by atoms with van der Waals surface area (Å²) in [5.41, 5.74) is 5.79. The van der Waals surface area contributed by atoms with Crippen molar-refractivity contribution in [1.29, 1.82) is 0 Å². The Hall–Kier alpha value is -0.620. The zero-order valence-electron chi connectivity index (χ0n) is 10.5. The fourth-order valence-corrected chi connectivity index (χ4v) is 3.84. The van der Waals surface area contributed by atoms with Gasteiger partial charge in [0.1, 0.15) is 0 Å². The molecule has 1 aliphatic rings. The lowest BCUT2D eigenvalue weighted by Crippen LogP contribution is -2.26. The van der Waals surface area contributed by atoms with Gasteiger partial charge < -0.3 is 15.4 Å². The summed E-state index contributed by atoms with van der Waals surface area (Å²) >= 11 is 3.46. The topological polar surface area (TPSA) is 51.4 Å². The summed E-state index contributed by atoms with van der Waals surface area (Å²) in [6.07, 6.45) is 1.17. The number of methoxy groups -OCH3 is 1. The molecular formula is C11H19N3OS2. The predicted octanol–water partition coefficient (Wildman–Crippen LogP) is 2.46. The predicted molar refractivity (Wildman–Crippen MR) is 76.4 cm³/mol. The minimum absolute atomic E-state index is 0.359. The molecule has 2 rings (SSSR count). The maximum atomic E-state index is 5.79. The van der Waals surface area contributed by atoms with Crippen LogP contribution in [0.4, 0.5) is 10.8 Å². The molecule has 4 nitrogen and oxygen atoms in total. The van der Waals surface area contributed by atoms with E-state index in [2.05, 4.69) is 23.1 Å². The van der Waals surface area contributed by atoms with E-state index in [9.17, 15) is 0 Å². The van der Waals surface area contributed by atoms with Crippen LogP contribution >= 0.6 is 23.3 Å². The van der Waals surface area contributed by atoms with Crippen LogP contribution in [0.25, 0.3) is 0 Å². The summed E-state index contributed by atoms with van der Waals surface area (Å²) in [7, 11) is 1.65. The number of nitrogen functional groups attached to an aromatic ring is 1. The van der Waals surface area contributed by atoms with Crippen LogP contribution in [0.1, 0.15) is 20.3 Å². The zero-order chi connectivity index (χ0) is 12.5. The average molecular weight is 273 g/mol. The van der Waals surface area contributed by atoms with Gasteiger partial charge in [0.2, 0.25) is 0 Å². The molecule has 1 aliphatic heterocycles. The number of nitrogens with two attached hydrogens (primary N) is 1. The molecule has 0 amide bonds. The third-order valence-corrected chi connectivity index (χ3v) is 5.26. The normalized spacial score (nSPS) is 20.1. The lowest BCUT2D eigenvalue weighted by molar-refractivity contribution is 0.417. The van der Waals surface area contributed by atoms with Crippen molar-refractivity contribution in [3.63, 3.8) is 0 Å². The molecule has 0 spiro atoms. The molecule has 1 aromatic rings. The summed E-state index contributed by atoms with van der Waals surface area (Å²) in [5, 5.41) is 1.07. The van der Waals surface area contributed by atoms with Gasteiger partial charge in [0.25, 0.3) is 0 Å². The first kappa shape index (κ1) is 12.8. The van der Waals surface area contributed by atoms with Crippen molar-refractivity contribution in [3.8, 4) is 5.75 Å². The summed E-state index contributed by atoms with van der Waals surface area (Å²) < 4.78 is 9.87. The fourth-order valence-electron chi connectivity index (χ4n) is 1.90. The van der Waals surface area contributed by atoms with Gasteiger partial charge in [-0.1, -0.05) is 13.8 Å². The smallest absolute Gasteiger partial charge is 0.197 e. The van der Waals surface area contributed by atoms with Crippen molar-refractivity contribution < 1.29 is 4.74 Å². The number of aromatic nitrogens is 1. The van der Waals surface area contributed by atoms with E-state index in [1.54, 1.807) is 7.11 Å². The molecule has 0 radical (unpaired) electrons. The number of rotatable bonds is 2. The number of ether oxygens (including phenoxy) is 1. The van der Waals surface area contributed by atoms with Crippen LogP contribution in [-0.4, -0.2) is 35.1 Å². The van der Waals surface area contributed by atoms with E-state index >= 15 is 0 Å². The average Bonchev–Trinajstić information content (AvgIpc) is 2.54. The Labute approximate surface area is 111 Å².